The molecule has 0 aromatic carbocycles. The molecular formula is C11H23N3O. The van der Waals surface area contributed by atoms with Crippen LogP contribution in [0.25, 0.3) is 0 Å². The maximum Gasteiger partial charge on any atom is 0.0806 e. The van der Waals surface area contributed by atoms with Crippen molar-refractivity contribution in [3.8, 4) is 0 Å². The Kier molecular flexibility index (Phi) is 3.61. The Morgan fingerprint density at radius 1 is 1.20 bits per heavy atom. The van der Waals surface area contributed by atoms with Gasteiger partial charge in [0.25, 0.3) is 0 Å². The number of nitrogens with zero attached hydrogens (tertiary/aromatic N) is 2. The average Bonchev–Trinajstić information content (AvgIpc) is 2.60. The minimum absolute atomic E-state index is 0.634. The van der Waals surface area contributed by atoms with E-state index in [2.05, 4.69) is 21.7 Å². The number of hydrogen-bond donors (Lipinski definition) is 1. The van der Waals surface area contributed by atoms with E-state index in [1.807, 2.05) is 0 Å². The van der Waals surface area contributed by atoms with Crippen molar-refractivity contribution in [1.29, 1.82) is 0 Å². The molecule has 0 radical (unpaired) electrons. The van der Waals surface area contributed by atoms with Crippen LogP contribution in [0.4, 0.5) is 0 Å². The molecule has 0 amide bonds. The molecule has 0 unspecified atom stereocenters. The number of piperidine rings is 1. The van der Waals surface area contributed by atoms with E-state index in [1.54, 1.807) is 0 Å². The molecular weight excluding hydrogens is 190 g/mol. The molecule has 0 bridgehead atoms. The van der Waals surface area contributed by atoms with E-state index >= 15 is 0 Å². The summed E-state index contributed by atoms with van der Waals surface area (Å²) in [7, 11) is 2.24. The van der Waals surface area contributed by atoms with Crippen LogP contribution in [0.1, 0.15) is 19.3 Å². The van der Waals surface area contributed by atoms with Gasteiger partial charge in [-0.1, -0.05) is 0 Å². The minimum atomic E-state index is 0.634. The van der Waals surface area contributed by atoms with Crippen molar-refractivity contribution in [2.75, 3.05) is 46.4 Å². The fourth-order valence-electron chi connectivity index (χ4n) is 3.00. The summed E-state index contributed by atoms with van der Waals surface area (Å²) in [6.45, 7) is 6.67. The van der Waals surface area contributed by atoms with E-state index in [0.717, 1.165) is 6.54 Å². The predicted molar refractivity (Wildman–Crippen MR) is 60.4 cm³/mol. The highest BCUT2D eigenvalue weighted by Crippen LogP contribution is 2.39. The molecule has 4 heteroatoms. The molecule has 88 valence electrons. The lowest BCUT2D eigenvalue weighted by atomic mass is 9.78. The van der Waals surface area contributed by atoms with E-state index in [-0.39, 0.29) is 0 Å². The number of likely N-dealkylation sites (tertiary alicyclic amines) is 2. The van der Waals surface area contributed by atoms with Gasteiger partial charge in [0.1, 0.15) is 0 Å². The molecule has 0 aliphatic carbocycles. The molecule has 15 heavy (non-hydrogen) atoms. The van der Waals surface area contributed by atoms with Gasteiger partial charge in [-0.25, -0.2) is 5.90 Å². The Hall–Kier alpha value is -0.160. The Morgan fingerprint density at radius 2 is 1.87 bits per heavy atom. The Balaban J connectivity index is 1.76. The lowest BCUT2D eigenvalue weighted by Crippen LogP contribution is -2.42. The van der Waals surface area contributed by atoms with Crippen LogP contribution in [-0.4, -0.2) is 56.2 Å². The summed E-state index contributed by atoms with van der Waals surface area (Å²) in [5.41, 5.74) is 0.634. The summed E-state index contributed by atoms with van der Waals surface area (Å²) in [4.78, 5) is 9.57. The van der Waals surface area contributed by atoms with Gasteiger partial charge in [0.05, 0.1) is 6.61 Å². The van der Waals surface area contributed by atoms with Crippen LogP contribution in [0.3, 0.4) is 0 Å². The zero-order valence-corrected chi connectivity index (χ0v) is 9.74. The van der Waals surface area contributed by atoms with Crippen molar-refractivity contribution in [3.63, 3.8) is 0 Å². The summed E-state index contributed by atoms with van der Waals surface area (Å²) in [5, 5.41) is 0. The average molecular weight is 213 g/mol. The van der Waals surface area contributed by atoms with Gasteiger partial charge < -0.3 is 14.6 Å². The minimum Gasteiger partial charge on any atom is -0.306 e. The molecule has 2 saturated heterocycles. The summed E-state index contributed by atoms with van der Waals surface area (Å²) in [6.07, 6.45) is 4.09. The molecule has 2 rings (SSSR count). The zero-order valence-electron chi connectivity index (χ0n) is 9.74. The van der Waals surface area contributed by atoms with Crippen molar-refractivity contribution in [3.05, 3.63) is 0 Å². The summed E-state index contributed by atoms with van der Waals surface area (Å²) >= 11 is 0. The Labute approximate surface area is 92.3 Å². The van der Waals surface area contributed by atoms with Crippen LogP contribution in [0.15, 0.2) is 0 Å². The van der Waals surface area contributed by atoms with Crippen molar-refractivity contribution >= 4 is 0 Å². The molecule has 0 aromatic heterocycles. The molecule has 2 aliphatic rings. The smallest absolute Gasteiger partial charge is 0.0806 e. The third kappa shape index (κ3) is 2.69. The third-order valence-electron chi connectivity index (χ3n) is 4.07. The maximum absolute atomic E-state index is 5.05. The van der Waals surface area contributed by atoms with Crippen LogP contribution in [0, 0.1) is 5.41 Å². The van der Waals surface area contributed by atoms with Crippen LogP contribution in [0.2, 0.25) is 0 Å². The van der Waals surface area contributed by atoms with Crippen LogP contribution >= 0.6 is 0 Å². The third-order valence-corrected chi connectivity index (χ3v) is 4.07. The van der Waals surface area contributed by atoms with Gasteiger partial charge in [0.15, 0.2) is 0 Å². The van der Waals surface area contributed by atoms with Crippen molar-refractivity contribution in [2.45, 2.75) is 19.3 Å². The highest BCUT2D eigenvalue weighted by atomic mass is 16.6. The number of rotatable bonds is 3. The van der Waals surface area contributed by atoms with Gasteiger partial charge in [0, 0.05) is 13.1 Å². The van der Waals surface area contributed by atoms with E-state index in [1.165, 1.54) is 45.4 Å². The molecule has 0 atom stereocenters. The van der Waals surface area contributed by atoms with Gasteiger partial charge in [0.2, 0.25) is 0 Å². The number of nitrogens with two attached hydrogens (primary N) is 1. The van der Waals surface area contributed by atoms with Crippen molar-refractivity contribution in [2.24, 2.45) is 11.3 Å². The predicted octanol–water partition coefficient (Wildman–Crippen LogP) is 0.294. The first-order valence-electron chi connectivity index (χ1n) is 5.97. The summed E-state index contributed by atoms with van der Waals surface area (Å²) in [6, 6.07) is 0. The summed E-state index contributed by atoms with van der Waals surface area (Å²) in [5.74, 6) is 5.05. The lowest BCUT2D eigenvalue weighted by molar-refractivity contribution is 0.0662. The van der Waals surface area contributed by atoms with Crippen molar-refractivity contribution < 1.29 is 4.84 Å². The van der Waals surface area contributed by atoms with Crippen LogP contribution in [0.5, 0.6) is 0 Å². The van der Waals surface area contributed by atoms with Crippen LogP contribution < -0.4 is 5.90 Å². The second-order valence-electron chi connectivity index (χ2n) is 5.20. The first-order valence-corrected chi connectivity index (χ1v) is 5.97. The number of hydrogen-bond acceptors (Lipinski definition) is 4. The fraction of sp³-hybridized carbons (Fsp3) is 1.00. The molecule has 0 aromatic rings. The maximum atomic E-state index is 5.05. The first-order chi connectivity index (χ1) is 7.24. The van der Waals surface area contributed by atoms with E-state index in [0.29, 0.717) is 12.0 Å². The zero-order chi connectivity index (χ0) is 10.7. The SMILES string of the molecule is CN1CCC2(CCN(CCON)CC2)C1. The highest BCUT2D eigenvalue weighted by molar-refractivity contribution is 4.92. The molecule has 2 N–H and O–H groups in total. The first kappa shape index (κ1) is 11.3. The summed E-state index contributed by atoms with van der Waals surface area (Å²) < 4.78 is 0. The van der Waals surface area contributed by atoms with Gasteiger partial charge in [-0.3, -0.25) is 0 Å². The lowest BCUT2D eigenvalue weighted by Gasteiger charge is -2.39. The molecule has 1 spiro atoms. The Morgan fingerprint density at radius 3 is 2.40 bits per heavy atom. The molecule has 2 fully saturated rings. The standard InChI is InChI=1S/C11H23N3O/c1-13-5-2-11(10-13)3-6-14(7-4-11)8-9-15-12/h2-10,12H2,1H3. The normalized spacial score (nSPS) is 27.6. The van der Waals surface area contributed by atoms with E-state index < -0.39 is 0 Å². The van der Waals surface area contributed by atoms with Gasteiger partial charge in [-0.15, -0.1) is 0 Å². The van der Waals surface area contributed by atoms with Gasteiger partial charge in [-0.05, 0) is 51.4 Å². The topological polar surface area (TPSA) is 41.7 Å². The largest absolute Gasteiger partial charge is 0.306 e. The monoisotopic (exact) mass is 213 g/mol. The van der Waals surface area contributed by atoms with E-state index in [4.69, 9.17) is 5.90 Å². The van der Waals surface area contributed by atoms with Crippen LogP contribution in [-0.2, 0) is 4.84 Å². The fourth-order valence-corrected chi connectivity index (χ4v) is 3.00. The Bertz CT molecular complexity index is 202. The second-order valence-corrected chi connectivity index (χ2v) is 5.20. The molecule has 4 nitrogen and oxygen atoms in total. The van der Waals surface area contributed by atoms with Gasteiger partial charge in [-0.2, -0.15) is 0 Å². The molecule has 0 saturated carbocycles. The van der Waals surface area contributed by atoms with Crippen molar-refractivity contribution in [1.82, 2.24) is 9.80 Å². The second kappa shape index (κ2) is 4.78. The molecule has 2 aliphatic heterocycles. The highest BCUT2D eigenvalue weighted by Gasteiger charge is 2.38. The molecule has 2 heterocycles. The quantitative estimate of drug-likeness (QED) is 0.684. The van der Waals surface area contributed by atoms with E-state index in [9.17, 15) is 0 Å². The van der Waals surface area contributed by atoms with Gasteiger partial charge >= 0.3 is 0 Å².